The summed E-state index contributed by atoms with van der Waals surface area (Å²) in [6.45, 7) is 2.68. The third-order valence-electron chi connectivity index (χ3n) is 5.47. The van der Waals surface area contributed by atoms with Crippen LogP contribution >= 0.6 is 12.2 Å². The van der Waals surface area contributed by atoms with Gasteiger partial charge in [0.1, 0.15) is 11.3 Å². The van der Waals surface area contributed by atoms with Crippen molar-refractivity contribution in [2.75, 3.05) is 11.9 Å². The molecule has 0 unspecified atom stereocenters. The monoisotopic (exact) mass is 481 g/mol. The number of nitrogens with zero attached hydrogens (tertiary/aromatic N) is 1. The molecule has 0 spiro atoms. The number of hydrogen-bond donors (Lipinski definition) is 2. The summed E-state index contributed by atoms with van der Waals surface area (Å²) in [6, 6.07) is 26.5. The van der Waals surface area contributed by atoms with Gasteiger partial charge in [-0.25, -0.2) is 4.98 Å². The molecule has 1 amide bonds. The summed E-state index contributed by atoms with van der Waals surface area (Å²) in [5.74, 6) is 0.944. The largest absolute Gasteiger partial charge is 0.494 e. The summed E-state index contributed by atoms with van der Waals surface area (Å²) in [5, 5.41) is 8.12. The highest BCUT2D eigenvalue weighted by molar-refractivity contribution is 7.80. The van der Waals surface area contributed by atoms with Crippen LogP contribution in [0.25, 0.3) is 33.3 Å². The average Bonchev–Trinajstić information content (AvgIpc) is 3.33. The molecular formula is C28H23N3O3S. The third-order valence-corrected chi connectivity index (χ3v) is 5.67. The van der Waals surface area contributed by atoms with Crippen LogP contribution in [0.15, 0.2) is 89.3 Å². The minimum absolute atomic E-state index is 0.196. The normalized spacial score (nSPS) is 10.9. The first kappa shape index (κ1) is 22.6. The number of anilines is 1. The zero-order valence-electron chi connectivity index (χ0n) is 19.1. The number of thiocarbonyl (C=S) groups is 1. The maximum atomic E-state index is 12.6. The number of hydrogen-bond acceptors (Lipinski definition) is 5. The molecule has 5 aromatic rings. The highest BCUT2D eigenvalue weighted by Gasteiger charge is 2.13. The molecule has 1 aromatic heterocycles. The summed E-state index contributed by atoms with van der Waals surface area (Å²) in [7, 11) is 0. The van der Waals surface area contributed by atoms with E-state index in [1.54, 1.807) is 24.3 Å². The molecule has 0 fully saturated rings. The molecule has 0 aliphatic heterocycles. The van der Waals surface area contributed by atoms with Crippen molar-refractivity contribution >= 4 is 50.8 Å². The Hall–Kier alpha value is -4.23. The number of ether oxygens (including phenoxy) is 1. The molecule has 5 rings (SSSR count). The van der Waals surface area contributed by atoms with Gasteiger partial charge in [0.25, 0.3) is 5.91 Å². The van der Waals surface area contributed by atoms with Crippen molar-refractivity contribution in [3.63, 3.8) is 0 Å². The molecule has 1 heterocycles. The number of fused-ring (bicyclic) bond motifs is 3. The fraction of sp³-hybridized carbons (Fsp3) is 0.107. The van der Waals surface area contributed by atoms with Gasteiger partial charge >= 0.3 is 0 Å². The van der Waals surface area contributed by atoms with Crippen LogP contribution in [0.5, 0.6) is 5.75 Å². The predicted octanol–water partition coefficient (Wildman–Crippen LogP) is 6.56. The van der Waals surface area contributed by atoms with Crippen molar-refractivity contribution < 1.29 is 13.9 Å². The second-order valence-corrected chi connectivity index (χ2v) is 8.42. The van der Waals surface area contributed by atoms with Gasteiger partial charge in [-0.05, 0) is 72.6 Å². The average molecular weight is 482 g/mol. The van der Waals surface area contributed by atoms with Crippen molar-refractivity contribution in [2.24, 2.45) is 0 Å². The van der Waals surface area contributed by atoms with Crippen molar-refractivity contribution in [3.8, 4) is 17.2 Å². The lowest BCUT2D eigenvalue weighted by Gasteiger charge is -2.11. The fourth-order valence-electron chi connectivity index (χ4n) is 3.77. The van der Waals surface area contributed by atoms with Gasteiger partial charge in [-0.15, -0.1) is 0 Å². The van der Waals surface area contributed by atoms with Crippen LogP contribution in [0.2, 0.25) is 0 Å². The molecule has 0 bridgehead atoms. The first-order valence-electron chi connectivity index (χ1n) is 11.3. The van der Waals surface area contributed by atoms with Crippen LogP contribution in [0, 0.1) is 0 Å². The summed E-state index contributed by atoms with van der Waals surface area (Å²) < 4.78 is 11.6. The Labute approximate surface area is 207 Å². The summed E-state index contributed by atoms with van der Waals surface area (Å²) >= 11 is 5.35. The van der Waals surface area contributed by atoms with Gasteiger partial charge in [0, 0.05) is 22.2 Å². The quantitative estimate of drug-likeness (QED) is 0.267. The van der Waals surface area contributed by atoms with E-state index in [0.29, 0.717) is 23.7 Å². The van der Waals surface area contributed by atoms with E-state index >= 15 is 0 Å². The standard InChI is InChI=1S/C28H23N3O3S/c1-2-16-33-22-13-10-19(11-14-22)26(32)31-28(35)29-21-8-5-7-20(17-21)27-30-25-23-9-4-3-6-18(23)12-15-24(25)34-27/h3-15,17H,2,16H2,1H3,(H2,29,31,32,35). The van der Waals surface area contributed by atoms with Gasteiger partial charge in [-0.3, -0.25) is 10.1 Å². The minimum Gasteiger partial charge on any atom is -0.494 e. The van der Waals surface area contributed by atoms with E-state index in [1.165, 1.54) is 0 Å². The SMILES string of the molecule is CCCOc1ccc(C(=O)NC(=S)Nc2cccc(-c3nc4c(ccc5ccccc54)o3)c2)cc1. The van der Waals surface area contributed by atoms with Crippen LogP contribution in [0.3, 0.4) is 0 Å². The van der Waals surface area contributed by atoms with Crippen LogP contribution in [0.1, 0.15) is 23.7 Å². The maximum absolute atomic E-state index is 12.6. The van der Waals surface area contributed by atoms with Gasteiger partial charge in [-0.1, -0.05) is 43.3 Å². The lowest BCUT2D eigenvalue weighted by molar-refractivity contribution is 0.0977. The predicted molar refractivity (Wildman–Crippen MR) is 143 cm³/mol. The van der Waals surface area contributed by atoms with E-state index in [4.69, 9.17) is 26.4 Å². The van der Waals surface area contributed by atoms with Gasteiger partial charge in [0.15, 0.2) is 10.7 Å². The number of rotatable bonds is 6. The molecule has 7 heteroatoms. The lowest BCUT2D eigenvalue weighted by Crippen LogP contribution is -2.34. The Kier molecular flexibility index (Phi) is 6.41. The highest BCUT2D eigenvalue weighted by Crippen LogP contribution is 2.30. The van der Waals surface area contributed by atoms with E-state index in [-0.39, 0.29) is 11.0 Å². The van der Waals surface area contributed by atoms with Crippen LogP contribution < -0.4 is 15.4 Å². The molecule has 0 aliphatic rings. The molecular weight excluding hydrogens is 458 g/mol. The van der Waals surface area contributed by atoms with E-state index < -0.39 is 0 Å². The number of benzene rings is 4. The fourth-order valence-corrected chi connectivity index (χ4v) is 3.99. The number of carbonyl (C=O) groups excluding carboxylic acids is 1. The van der Waals surface area contributed by atoms with Crippen molar-refractivity contribution in [3.05, 3.63) is 90.5 Å². The number of carbonyl (C=O) groups is 1. The molecule has 0 radical (unpaired) electrons. The third kappa shape index (κ3) is 5.00. The van der Waals surface area contributed by atoms with E-state index in [2.05, 4.69) is 16.7 Å². The molecule has 6 nitrogen and oxygen atoms in total. The number of oxazole rings is 1. The molecule has 0 atom stereocenters. The minimum atomic E-state index is -0.300. The topological polar surface area (TPSA) is 76.4 Å². The molecule has 2 N–H and O–H groups in total. The van der Waals surface area contributed by atoms with E-state index in [9.17, 15) is 4.79 Å². The van der Waals surface area contributed by atoms with Crippen molar-refractivity contribution in [1.29, 1.82) is 0 Å². The van der Waals surface area contributed by atoms with Crippen LogP contribution in [-0.4, -0.2) is 22.6 Å². The zero-order chi connectivity index (χ0) is 24.2. The Balaban J connectivity index is 1.29. The molecule has 4 aromatic carbocycles. The highest BCUT2D eigenvalue weighted by atomic mass is 32.1. The second-order valence-electron chi connectivity index (χ2n) is 8.01. The Bertz CT molecular complexity index is 1530. The zero-order valence-corrected chi connectivity index (χ0v) is 19.9. The first-order valence-corrected chi connectivity index (χ1v) is 11.8. The van der Waals surface area contributed by atoms with Crippen LogP contribution in [-0.2, 0) is 0 Å². The summed E-state index contributed by atoms with van der Waals surface area (Å²) in [5.41, 5.74) is 3.55. The second kappa shape index (κ2) is 9.95. The molecule has 0 aliphatic carbocycles. The molecule has 0 saturated heterocycles. The Morgan fingerprint density at radius 1 is 1.00 bits per heavy atom. The maximum Gasteiger partial charge on any atom is 0.257 e. The Morgan fingerprint density at radius 2 is 1.83 bits per heavy atom. The summed E-state index contributed by atoms with van der Waals surface area (Å²) in [4.78, 5) is 17.3. The lowest BCUT2D eigenvalue weighted by atomic mass is 10.1. The number of nitrogens with one attached hydrogen (secondary N) is 2. The molecule has 174 valence electrons. The molecule has 35 heavy (non-hydrogen) atoms. The smallest absolute Gasteiger partial charge is 0.257 e. The van der Waals surface area contributed by atoms with E-state index in [0.717, 1.165) is 39.6 Å². The number of amides is 1. The van der Waals surface area contributed by atoms with Gasteiger partial charge in [0.05, 0.1) is 6.61 Å². The Morgan fingerprint density at radius 3 is 2.66 bits per heavy atom. The van der Waals surface area contributed by atoms with Crippen LogP contribution in [0.4, 0.5) is 5.69 Å². The number of aromatic nitrogens is 1. The van der Waals surface area contributed by atoms with Gasteiger partial charge in [0.2, 0.25) is 5.89 Å². The first-order chi connectivity index (χ1) is 17.1. The van der Waals surface area contributed by atoms with Crippen molar-refractivity contribution in [2.45, 2.75) is 13.3 Å². The van der Waals surface area contributed by atoms with Gasteiger partial charge in [-0.2, -0.15) is 0 Å². The van der Waals surface area contributed by atoms with Gasteiger partial charge < -0.3 is 14.5 Å². The van der Waals surface area contributed by atoms with E-state index in [1.807, 2.05) is 61.5 Å². The molecule has 0 saturated carbocycles. The van der Waals surface area contributed by atoms with Crippen molar-refractivity contribution in [1.82, 2.24) is 10.3 Å². The summed E-state index contributed by atoms with van der Waals surface area (Å²) in [6.07, 6.45) is 0.923.